The molecule has 1 aliphatic rings. The molecule has 0 radical (unpaired) electrons. The monoisotopic (exact) mass is 310 g/mol. The van der Waals surface area contributed by atoms with E-state index in [0.717, 1.165) is 26.1 Å². The number of nitrogens with one attached hydrogen (secondary N) is 1. The second kappa shape index (κ2) is 7.74. The molecule has 0 spiro atoms. The van der Waals surface area contributed by atoms with Gasteiger partial charge in [-0.3, -0.25) is 4.90 Å². The quantitative estimate of drug-likeness (QED) is 0.889. The van der Waals surface area contributed by atoms with Crippen LogP contribution in [0.2, 0.25) is 0 Å². The van der Waals surface area contributed by atoms with E-state index in [4.69, 9.17) is 4.74 Å². The molecule has 23 heavy (non-hydrogen) atoms. The van der Waals surface area contributed by atoms with Gasteiger partial charge in [-0.2, -0.15) is 4.98 Å². The first-order valence-electron chi connectivity index (χ1n) is 7.91. The van der Waals surface area contributed by atoms with E-state index in [-0.39, 0.29) is 0 Å². The molecule has 5 nitrogen and oxygen atoms in total. The van der Waals surface area contributed by atoms with Crippen LogP contribution in [-0.4, -0.2) is 47.7 Å². The first kappa shape index (κ1) is 15.5. The summed E-state index contributed by atoms with van der Waals surface area (Å²) in [5, 5.41) is 3.39. The number of likely N-dealkylation sites (tertiary alicyclic amines) is 1. The predicted molar refractivity (Wildman–Crippen MR) is 92.5 cm³/mol. The van der Waals surface area contributed by atoms with Crippen molar-refractivity contribution in [2.24, 2.45) is 0 Å². The second-order valence-electron chi connectivity index (χ2n) is 5.63. The summed E-state index contributed by atoms with van der Waals surface area (Å²) in [4.78, 5) is 11.0. The summed E-state index contributed by atoms with van der Waals surface area (Å²) in [6.07, 6.45) is 7.20. The van der Waals surface area contributed by atoms with Gasteiger partial charge in [-0.15, -0.1) is 0 Å². The summed E-state index contributed by atoms with van der Waals surface area (Å²) in [5.74, 6) is 1.22. The molecule has 1 saturated heterocycles. The lowest BCUT2D eigenvalue weighted by Gasteiger charge is -2.15. The van der Waals surface area contributed by atoms with Gasteiger partial charge in [-0.25, -0.2) is 4.98 Å². The fourth-order valence-corrected chi connectivity index (χ4v) is 2.73. The molecule has 5 heteroatoms. The number of ether oxygens (including phenoxy) is 1. The average molecular weight is 310 g/mol. The maximum absolute atomic E-state index is 5.12. The van der Waals surface area contributed by atoms with E-state index in [1.54, 1.807) is 19.4 Å². The molecule has 1 aliphatic heterocycles. The Morgan fingerprint density at radius 2 is 2.17 bits per heavy atom. The van der Waals surface area contributed by atoms with Crippen LogP contribution in [0.25, 0.3) is 6.08 Å². The highest BCUT2D eigenvalue weighted by atomic mass is 16.5. The molecular formula is C18H22N4O. The van der Waals surface area contributed by atoms with Gasteiger partial charge in [-0.05, 0) is 12.0 Å². The lowest BCUT2D eigenvalue weighted by molar-refractivity contribution is 0.374. The topological polar surface area (TPSA) is 50.3 Å². The van der Waals surface area contributed by atoms with Gasteiger partial charge >= 0.3 is 0 Å². The van der Waals surface area contributed by atoms with Gasteiger partial charge in [0.2, 0.25) is 11.8 Å². The minimum atomic E-state index is 0.382. The van der Waals surface area contributed by atoms with Crippen LogP contribution in [0.15, 0.2) is 48.7 Å². The van der Waals surface area contributed by atoms with Gasteiger partial charge in [0.25, 0.3) is 0 Å². The van der Waals surface area contributed by atoms with Crippen molar-refractivity contribution in [3.05, 3.63) is 54.2 Å². The fourth-order valence-electron chi connectivity index (χ4n) is 2.73. The van der Waals surface area contributed by atoms with E-state index in [0.29, 0.717) is 17.9 Å². The van der Waals surface area contributed by atoms with Crippen LogP contribution in [0.4, 0.5) is 5.95 Å². The number of benzene rings is 1. The van der Waals surface area contributed by atoms with E-state index in [1.165, 1.54) is 5.56 Å². The highest BCUT2D eigenvalue weighted by Gasteiger charge is 2.22. The van der Waals surface area contributed by atoms with Crippen molar-refractivity contribution < 1.29 is 4.74 Å². The minimum Gasteiger partial charge on any atom is -0.481 e. The summed E-state index contributed by atoms with van der Waals surface area (Å²) in [5.41, 5.74) is 1.24. The SMILES string of the molecule is COc1ccnc(NC2CCN(C/C=C/c3ccccc3)C2)n1. The van der Waals surface area contributed by atoms with Crippen molar-refractivity contribution >= 4 is 12.0 Å². The normalized spacial score (nSPS) is 18.4. The van der Waals surface area contributed by atoms with Gasteiger partial charge in [-0.1, -0.05) is 42.5 Å². The van der Waals surface area contributed by atoms with Crippen molar-refractivity contribution in [3.8, 4) is 5.88 Å². The Morgan fingerprint density at radius 1 is 1.30 bits per heavy atom. The second-order valence-corrected chi connectivity index (χ2v) is 5.63. The molecule has 1 fully saturated rings. The zero-order valence-electron chi connectivity index (χ0n) is 13.4. The van der Waals surface area contributed by atoms with Crippen molar-refractivity contribution in [1.29, 1.82) is 0 Å². The molecule has 1 aromatic heterocycles. The van der Waals surface area contributed by atoms with E-state index in [9.17, 15) is 0 Å². The smallest absolute Gasteiger partial charge is 0.226 e. The zero-order chi connectivity index (χ0) is 15.9. The lowest BCUT2D eigenvalue weighted by atomic mass is 10.2. The fraction of sp³-hybridized carbons (Fsp3) is 0.333. The lowest BCUT2D eigenvalue weighted by Crippen LogP contribution is -2.27. The van der Waals surface area contributed by atoms with E-state index in [2.05, 4.69) is 56.6 Å². The molecule has 0 bridgehead atoms. The van der Waals surface area contributed by atoms with Crippen LogP contribution in [-0.2, 0) is 0 Å². The molecule has 1 unspecified atom stereocenters. The van der Waals surface area contributed by atoms with Gasteiger partial charge in [0.05, 0.1) is 7.11 Å². The number of methoxy groups -OCH3 is 1. The van der Waals surface area contributed by atoms with Crippen molar-refractivity contribution in [1.82, 2.24) is 14.9 Å². The Bertz CT molecular complexity index is 644. The summed E-state index contributed by atoms with van der Waals surface area (Å²) in [6, 6.07) is 12.5. The molecule has 1 atom stereocenters. The number of aromatic nitrogens is 2. The van der Waals surface area contributed by atoms with E-state index >= 15 is 0 Å². The van der Waals surface area contributed by atoms with Crippen LogP contribution in [0.3, 0.4) is 0 Å². The number of anilines is 1. The summed E-state index contributed by atoms with van der Waals surface area (Å²) in [7, 11) is 1.61. The van der Waals surface area contributed by atoms with Crippen LogP contribution in [0, 0.1) is 0 Å². The maximum Gasteiger partial charge on any atom is 0.226 e. The Hall–Kier alpha value is -2.40. The average Bonchev–Trinajstić information content (AvgIpc) is 3.03. The van der Waals surface area contributed by atoms with Crippen LogP contribution >= 0.6 is 0 Å². The molecule has 2 aromatic rings. The summed E-state index contributed by atoms with van der Waals surface area (Å²) < 4.78 is 5.12. The van der Waals surface area contributed by atoms with E-state index < -0.39 is 0 Å². The Labute approximate surface area is 137 Å². The van der Waals surface area contributed by atoms with Gasteiger partial charge in [0.1, 0.15) is 0 Å². The largest absolute Gasteiger partial charge is 0.481 e. The number of nitrogens with zero attached hydrogens (tertiary/aromatic N) is 3. The molecule has 120 valence electrons. The van der Waals surface area contributed by atoms with E-state index in [1.807, 2.05) is 6.07 Å². The summed E-state index contributed by atoms with van der Waals surface area (Å²) >= 11 is 0. The highest BCUT2D eigenvalue weighted by Crippen LogP contribution is 2.15. The van der Waals surface area contributed by atoms with Crippen LogP contribution in [0.5, 0.6) is 5.88 Å². The number of hydrogen-bond donors (Lipinski definition) is 1. The number of rotatable bonds is 6. The summed E-state index contributed by atoms with van der Waals surface area (Å²) in [6.45, 7) is 3.05. The molecule has 1 aromatic carbocycles. The molecule has 2 heterocycles. The highest BCUT2D eigenvalue weighted by molar-refractivity contribution is 5.48. The third kappa shape index (κ3) is 4.53. The standard InChI is InChI=1S/C18H22N4O/c1-23-17-9-11-19-18(21-17)20-16-10-13-22(14-16)12-5-8-15-6-3-2-4-7-15/h2-9,11,16H,10,12-14H2,1H3,(H,19,20,21)/b8-5+. The van der Waals surface area contributed by atoms with Gasteiger partial charge in [0, 0.05) is 37.9 Å². The zero-order valence-corrected chi connectivity index (χ0v) is 13.4. The maximum atomic E-state index is 5.12. The van der Waals surface area contributed by atoms with Crippen LogP contribution in [0.1, 0.15) is 12.0 Å². The van der Waals surface area contributed by atoms with Gasteiger partial charge < -0.3 is 10.1 Å². The Morgan fingerprint density at radius 3 is 3.00 bits per heavy atom. The van der Waals surface area contributed by atoms with Crippen molar-refractivity contribution in [3.63, 3.8) is 0 Å². The van der Waals surface area contributed by atoms with Crippen molar-refractivity contribution in [2.45, 2.75) is 12.5 Å². The first-order chi connectivity index (χ1) is 11.3. The molecule has 0 saturated carbocycles. The molecule has 1 N–H and O–H groups in total. The Balaban J connectivity index is 1.47. The van der Waals surface area contributed by atoms with Crippen molar-refractivity contribution in [2.75, 3.05) is 32.1 Å². The number of hydrogen-bond acceptors (Lipinski definition) is 5. The Kier molecular flexibility index (Phi) is 5.21. The third-order valence-electron chi connectivity index (χ3n) is 3.92. The molecule has 3 rings (SSSR count). The first-order valence-corrected chi connectivity index (χ1v) is 7.91. The van der Waals surface area contributed by atoms with Crippen LogP contribution < -0.4 is 10.1 Å². The van der Waals surface area contributed by atoms with Gasteiger partial charge in [0.15, 0.2) is 0 Å². The predicted octanol–water partition coefficient (Wildman–Crippen LogP) is 2.68. The molecule has 0 aliphatic carbocycles. The molecular weight excluding hydrogens is 288 g/mol. The molecule has 0 amide bonds. The third-order valence-corrected chi connectivity index (χ3v) is 3.92. The minimum absolute atomic E-state index is 0.382.